The van der Waals surface area contributed by atoms with E-state index in [2.05, 4.69) is 32.6 Å². The zero-order valence-electron chi connectivity index (χ0n) is 9.88. The Kier molecular flexibility index (Phi) is 3.48. The van der Waals surface area contributed by atoms with Crippen molar-refractivity contribution in [3.8, 4) is 22.0 Å². The predicted molar refractivity (Wildman–Crippen MR) is 87.9 cm³/mol. The molecule has 3 nitrogen and oxygen atoms in total. The quantitative estimate of drug-likeness (QED) is 0.684. The van der Waals surface area contributed by atoms with Gasteiger partial charge < -0.3 is 5.73 Å². The Hall–Kier alpha value is -1.47. The molecule has 0 atom stereocenters. The highest BCUT2D eigenvalue weighted by molar-refractivity contribution is 14.1. The van der Waals surface area contributed by atoms with Gasteiger partial charge in [-0.2, -0.15) is 0 Å². The average molecular weight is 379 g/mol. The number of anilines is 1. The molecular formula is C14H10IN3S. The summed E-state index contributed by atoms with van der Waals surface area (Å²) in [6, 6.07) is 14.0. The van der Waals surface area contributed by atoms with Crippen LogP contribution in [0, 0.1) is 3.57 Å². The summed E-state index contributed by atoms with van der Waals surface area (Å²) in [5.74, 6) is 1.21. The van der Waals surface area contributed by atoms with Crippen molar-refractivity contribution < 1.29 is 0 Å². The van der Waals surface area contributed by atoms with Crippen LogP contribution in [-0.4, -0.2) is 9.97 Å². The summed E-state index contributed by atoms with van der Waals surface area (Å²) in [6.45, 7) is 0. The molecule has 0 fully saturated rings. The highest BCUT2D eigenvalue weighted by Gasteiger charge is 2.13. The summed E-state index contributed by atoms with van der Waals surface area (Å²) in [5, 5.41) is 2.01. The second-order valence-electron chi connectivity index (χ2n) is 3.94. The molecule has 0 saturated carbocycles. The first kappa shape index (κ1) is 12.6. The minimum absolute atomic E-state index is 0.526. The van der Waals surface area contributed by atoms with Crippen molar-refractivity contribution in [2.24, 2.45) is 0 Å². The molecule has 0 aliphatic heterocycles. The topological polar surface area (TPSA) is 51.8 Å². The molecular weight excluding hydrogens is 369 g/mol. The van der Waals surface area contributed by atoms with Gasteiger partial charge in [-0.3, -0.25) is 0 Å². The monoisotopic (exact) mass is 379 g/mol. The number of nitrogen functional groups attached to an aromatic ring is 1. The molecule has 2 heterocycles. The summed E-state index contributed by atoms with van der Waals surface area (Å²) in [4.78, 5) is 10.1. The SMILES string of the molecule is Nc1nc(-c2cccs2)nc(-c2ccccc2)c1I. The first-order chi connectivity index (χ1) is 9.25. The van der Waals surface area contributed by atoms with E-state index in [0.717, 1.165) is 19.7 Å². The van der Waals surface area contributed by atoms with Crippen LogP contribution in [0.3, 0.4) is 0 Å². The van der Waals surface area contributed by atoms with E-state index < -0.39 is 0 Å². The largest absolute Gasteiger partial charge is 0.383 e. The van der Waals surface area contributed by atoms with Crippen molar-refractivity contribution in [1.29, 1.82) is 0 Å². The van der Waals surface area contributed by atoms with E-state index in [1.54, 1.807) is 11.3 Å². The first-order valence-electron chi connectivity index (χ1n) is 5.68. The molecule has 0 spiro atoms. The van der Waals surface area contributed by atoms with Crippen LogP contribution in [0.4, 0.5) is 5.82 Å². The van der Waals surface area contributed by atoms with Crippen LogP contribution < -0.4 is 5.73 Å². The van der Waals surface area contributed by atoms with Crippen molar-refractivity contribution in [1.82, 2.24) is 9.97 Å². The summed E-state index contributed by atoms with van der Waals surface area (Å²) < 4.78 is 0.893. The van der Waals surface area contributed by atoms with Gasteiger partial charge in [0.2, 0.25) is 0 Å². The van der Waals surface area contributed by atoms with Gasteiger partial charge in [-0.05, 0) is 34.0 Å². The summed E-state index contributed by atoms with van der Waals surface area (Å²) in [6.07, 6.45) is 0. The molecule has 94 valence electrons. The molecule has 0 aliphatic carbocycles. The Morgan fingerprint density at radius 1 is 1.00 bits per heavy atom. The van der Waals surface area contributed by atoms with E-state index in [9.17, 15) is 0 Å². The van der Waals surface area contributed by atoms with Gasteiger partial charge in [0.25, 0.3) is 0 Å². The fourth-order valence-electron chi connectivity index (χ4n) is 1.77. The van der Waals surface area contributed by atoms with Crippen LogP contribution in [0.25, 0.3) is 22.0 Å². The summed E-state index contributed by atoms with van der Waals surface area (Å²) >= 11 is 3.81. The Morgan fingerprint density at radius 2 is 1.79 bits per heavy atom. The molecule has 0 unspecified atom stereocenters. The maximum absolute atomic E-state index is 6.01. The van der Waals surface area contributed by atoms with Crippen LogP contribution in [0.1, 0.15) is 0 Å². The molecule has 0 amide bonds. The number of benzene rings is 1. The van der Waals surface area contributed by atoms with Gasteiger partial charge in [-0.15, -0.1) is 11.3 Å². The van der Waals surface area contributed by atoms with Gasteiger partial charge >= 0.3 is 0 Å². The number of nitrogens with two attached hydrogens (primary N) is 1. The molecule has 0 bridgehead atoms. The lowest BCUT2D eigenvalue weighted by Crippen LogP contribution is -2.01. The van der Waals surface area contributed by atoms with Crippen LogP contribution in [0.5, 0.6) is 0 Å². The number of nitrogens with zero attached hydrogens (tertiary/aromatic N) is 2. The predicted octanol–water partition coefficient (Wildman–Crippen LogP) is 4.06. The van der Waals surface area contributed by atoms with E-state index in [0.29, 0.717) is 11.6 Å². The van der Waals surface area contributed by atoms with E-state index >= 15 is 0 Å². The van der Waals surface area contributed by atoms with Crippen LogP contribution in [0.2, 0.25) is 0 Å². The minimum Gasteiger partial charge on any atom is -0.383 e. The molecule has 3 rings (SSSR count). The number of halogens is 1. The van der Waals surface area contributed by atoms with Gasteiger partial charge in [-0.25, -0.2) is 9.97 Å². The van der Waals surface area contributed by atoms with Gasteiger partial charge in [0.1, 0.15) is 5.82 Å². The summed E-state index contributed by atoms with van der Waals surface area (Å²) in [5.41, 5.74) is 7.95. The number of rotatable bonds is 2. The maximum atomic E-state index is 6.01. The molecule has 0 saturated heterocycles. The molecule has 2 N–H and O–H groups in total. The minimum atomic E-state index is 0.526. The molecule has 0 aliphatic rings. The lowest BCUT2D eigenvalue weighted by atomic mass is 10.1. The van der Waals surface area contributed by atoms with Crippen molar-refractivity contribution in [3.63, 3.8) is 0 Å². The fraction of sp³-hybridized carbons (Fsp3) is 0. The smallest absolute Gasteiger partial charge is 0.172 e. The van der Waals surface area contributed by atoms with E-state index in [4.69, 9.17) is 5.73 Å². The third-order valence-corrected chi connectivity index (χ3v) is 4.59. The molecule has 5 heteroatoms. The van der Waals surface area contributed by atoms with E-state index in [1.807, 2.05) is 47.8 Å². The third-order valence-electron chi connectivity index (χ3n) is 2.67. The maximum Gasteiger partial charge on any atom is 0.172 e. The molecule has 0 radical (unpaired) electrons. The number of aromatic nitrogens is 2. The molecule has 3 aromatic rings. The first-order valence-corrected chi connectivity index (χ1v) is 7.64. The average Bonchev–Trinajstić information content (AvgIpc) is 2.97. The highest BCUT2D eigenvalue weighted by atomic mass is 127. The van der Waals surface area contributed by atoms with E-state index in [1.165, 1.54) is 0 Å². The summed E-state index contributed by atoms with van der Waals surface area (Å²) in [7, 11) is 0. The Bertz CT molecular complexity index is 696. The number of thiophene rings is 1. The van der Waals surface area contributed by atoms with Crippen LogP contribution in [0.15, 0.2) is 47.8 Å². The Morgan fingerprint density at radius 3 is 2.47 bits per heavy atom. The van der Waals surface area contributed by atoms with E-state index in [-0.39, 0.29) is 0 Å². The van der Waals surface area contributed by atoms with Crippen molar-refractivity contribution >= 4 is 39.7 Å². The zero-order valence-corrected chi connectivity index (χ0v) is 12.9. The second-order valence-corrected chi connectivity index (χ2v) is 5.96. The van der Waals surface area contributed by atoms with Crippen molar-refractivity contribution in [2.45, 2.75) is 0 Å². The van der Waals surface area contributed by atoms with Gasteiger partial charge in [0.15, 0.2) is 5.82 Å². The molecule has 19 heavy (non-hydrogen) atoms. The van der Waals surface area contributed by atoms with Gasteiger partial charge in [0, 0.05) is 5.56 Å². The lowest BCUT2D eigenvalue weighted by Gasteiger charge is -2.08. The van der Waals surface area contributed by atoms with Crippen LogP contribution >= 0.6 is 33.9 Å². The molecule has 1 aromatic carbocycles. The normalized spacial score (nSPS) is 10.6. The van der Waals surface area contributed by atoms with Crippen molar-refractivity contribution in [2.75, 3.05) is 5.73 Å². The van der Waals surface area contributed by atoms with Gasteiger partial charge in [0.05, 0.1) is 14.1 Å². The zero-order chi connectivity index (χ0) is 13.2. The Labute approximate surface area is 128 Å². The Balaban J connectivity index is 2.20. The second kappa shape index (κ2) is 5.26. The number of hydrogen-bond acceptors (Lipinski definition) is 4. The van der Waals surface area contributed by atoms with Gasteiger partial charge in [-0.1, -0.05) is 36.4 Å². The van der Waals surface area contributed by atoms with Crippen molar-refractivity contribution in [3.05, 3.63) is 51.4 Å². The number of hydrogen-bond donors (Lipinski definition) is 1. The standard InChI is InChI=1S/C14H10IN3S/c15-11-12(9-5-2-1-3-6-9)17-14(18-13(11)16)10-7-4-8-19-10/h1-8H,(H2,16,17,18). The van der Waals surface area contributed by atoms with Crippen LogP contribution in [-0.2, 0) is 0 Å². The lowest BCUT2D eigenvalue weighted by molar-refractivity contribution is 1.18. The third kappa shape index (κ3) is 2.48. The fourth-order valence-corrected chi connectivity index (χ4v) is 2.98. The highest BCUT2D eigenvalue weighted by Crippen LogP contribution is 2.30. The molecule has 2 aromatic heterocycles.